The molecular formula is C26H26ClN7O2. The van der Waals surface area contributed by atoms with Gasteiger partial charge in [-0.25, -0.2) is 19.0 Å². The van der Waals surface area contributed by atoms with E-state index in [1.165, 1.54) is 21.3 Å². The molecule has 0 N–H and O–H groups in total. The average Bonchev–Trinajstić information content (AvgIpc) is 3.31. The van der Waals surface area contributed by atoms with Gasteiger partial charge in [0.2, 0.25) is 0 Å². The number of Topliss-reactive ketones (excluding diaryl/α,β-unsaturated/α-hetero) is 1. The van der Waals surface area contributed by atoms with Gasteiger partial charge in [-0.2, -0.15) is 5.10 Å². The molecule has 1 aromatic carbocycles. The summed E-state index contributed by atoms with van der Waals surface area (Å²) < 4.78 is 2.65. The van der Waals surface area contributed by atoms with Crippen molar-refractivity contribution >= 4 is 28.9 Å². The van der Waals surface area contributed by atoms with E-state index in [-0.39, 0.29) is 11.5 Å². The van der Waals surface area contributed by atoms with Crippen LogP contribution < -0.4 is 15.5 Å². The minimum Gasteiger partial charge on any atom is -0.368 e. The number of anilines is 2. The Balaban J connectivity index is 1.29. The first-order valence-electron chi connectivity index (χ1n) is 11.9. The summed E-state index contributed by atoms with van der Waals surface area (Å²) >= 11 is 5.94. The number of benzene rings is 1. The quantitative estimate of drug-likeness (QED) is 0.356. The second-order valence-corrected chi connectivity index (χ2v) is 9.01. The first kappa shape index (κ1) is 23.7. The lowest BCUT2D eigenvalue weighted by molar-refractivity contribution is 0.0911. The maximum Gasteiger partial charge on any atom is 0.351 e. The predicted octanol–water partition coefficient (Wildman–Crippen LogP) is 3.64. The topological polar surface area (TPSA) is 89.2 Å². The van der Waals surface area contributed by atoms with Gasteiger partial charge in [-0.3, -0.25) is 9.78 Å². The van der Waals surface area contributed by atoms with E-state index in [2.05, 4.69) is 24.9 Å². The molecule has 184 valence electrons. The minimum absolute atomic E-state index is 0.180. The molecule has 0 bridgehead atoms. The first-order chi connectivity index (χ1) is 17.5. The van der Waals surface area contributed by atoms with Crippen molar-refractivity contribution < 1.29 is 4.79 Å². The van der Waals surface area contributed by atoms with E-state index < -0.39 is 6.04 Å². The largest absolute Gasteiger partial charge is 0.368 e. The number of ketones is 1. The number of hydrogen-bond acceptors (Lipinski definition) is 7. The SMILES string of the molecule is CCC(C(=O)c1ccc(Cl)cc1)n1ncn(-c2ccc(N3CCN(c4ccncc4)CC3)nc2)c1=O. The maximum atomic E-state index is 13.2. The molecule has 1 unspecified atom stereocenters. The van der Waals surface area contributed by atoms with Crippen LogP contribution in [0, 0.1) is 0 Å². The van der Waals surface area contributed by atoms with Gasteiger partial charge in [0.25, 0.3) is 0 Å². The van der Waals surface area contributed by atoms with E-state index in [1.807, 2.05) is 43.6 Å². The van der Waals surface area contributed by atoms with Crippen LogP contribution in [-0.2, 0) is 0 Å². The molecular weight excluding hydrogens is 478 g/mol. The molecule has 0 saturated carbocycles. The summed E-state index contributed by atoms with van der Waals surface area (Å²) in [5.41, 5.74) is 1.87. The van der Waals surface area contributed by atoms with Crippen LogP contribution in [0.1, 0.15) is 29.7 Å². The monoisotopic (exact) mass is 503 g/mol. The number of piperazine rings is 1. The van der Waals surface area contributed by atoms with Crippen molar-refractivity contribution in [3.63, 3.8) is 0 Å². The van der Waals surface area contributed by atoms with Gasteiger partial charge in [0.1, 0.15) is 18.2 Å². The Morgan fingerprint density at radius 2 is 1.64 bits per heavy atom. The van der Waals surface area contributed by atoms with E-state index in [0.29, 0.717) is 22.7 Å². The minimum atomic E-state index is -0.705. The second kappa shape index (κ2) is 10.3. The summed E-state index contributed by atoms with van der Waals surface area (Å²) in [6, 6.07) is 13.8. The number of halogens is 1. The van der Waals surface area contributed by atoms with Crippen LogP contribution in [0.3, 0.4) is 0 Å². The molecule has 4 heterocycles. The fraction of sp³-hybridized carbons (Fsp3) is 0.269. The van der Waals surface area contributed by atoms with Gasteiger partial charge >= 0.3 is 5.69 Å². The lowest BCUT2D eigenvalue weighted by Gasteiger charge is -2.36. The van der Waals surface area contributed by atoms with Crippen molar-refractivity contribution in [2.45, 2.75) is 19.4 Å². The van der Waals surface area contributed by atoms with Gasteiger partial charge in [0.15, 0.2) is 5.78 Å². The third-order valence-corrected chi connectivity index (χ3v) is 6.70. The Labute approximate surface area is 213 Å². The van der Waals surface area contributed by atoms with Crippen LogP contribution in [0.4, 0.5) is 11.5 Å². The molecule has 0 radical (unpaired) electrons. The molecule has 36 heavy (non-hydrogen) atoms. The molecule has 0 amide bonds. The zero-order valence-electron chi connectivity index (χ0n) is 19.9. The molecule has 3 aromatic heterocycles. The molecule has 5 rings (SSSR count). The van der Waals surface area contributed by atoms with Crippen molar-refractivity contribution in [3.8, 4) is 5.69 Å². The average molecular weight is 504 g/mol. The number of rotatable bonds is 7. The fourth-order valence-corrected chi connectivity index (χ4v) is 4.57. The van der Waals surface area contributed by atoms with Crippen molar-refractivity contribution in [2.75, 3.05) is 36.0 Å². The number of hydrogen-bond donors (Lipinski definition) is 0. The lowest BCUT2D eigenvalue weighted by Crippen LogP contribution is -2.46. The Morgan fingerprint density at radius 1 is 0.944 bits per heavy atom. The number of pyridine rings is 2. The molecule has 1 aliphatic rings. The zero-order chi connectivity index (χ0) is 25.1. The Bertz CT molecular complexity index is 1380. The summed E-state index contributed by atoms with van der Waals surface area (Å²) in [5, 5.41) is 4.80. The Morgan fingerprint density at radius 3 is 2.28 bits per heavy atom. The van der Waals surface area contributed by atoms with Gasteiger partial charge in [-0.15, -0.1) is 0 Å². The van der Waals surface area contributed by atoms with Gasteiger partial charge in [-0.1, -0.05) is 18.5 Å². The molecule has 10 heteroatoms. The highest BCUT2D eigenvalue weighted by Crippen LogP contribution is 2.21. The molecule has 9 nitrogen and oxygen atoms in total. The molecule has 1 saturated heterocycles. The van der Waals surface area contributed by atoms with Crippen molar-refractivity contribution in [3.05, 3.63) is 94.5 Å². The van der Waals surface area contributed by atoms with Crippen molar-refractivity contribution in [1.29, 1.82) is 0 Å². The number of nitrogens with zero attached hydrogens (tertiary/aromatic N) is 7. The van der Waals surface area contributed by atoms with Crippen LogP contribution in [0.2, 0.25) is 5.02 Å². The molecule has 1 atom stereocenters. The van der Waals surface area contributed by atoms with Gasteiger partial charge in [0, 0.05) is 54.8 Å². The summed E-state index contributed by atoms with van der Waals surface area (Å²) in [6.07, 6.45) is 7.15. The maximum absolute atomic E-state index is 13.2. The third kappa shape index (κ3) is 4.74. The summed E-state index contributed by atoms with van der Waals surface area (Å²) in [7, 11) is 0. The summed E-state index contributed by atoms with van der Waals surface area (Å²) in [6.45, 7) is 5.32. The molecule has 0 spiro atoms. The highest BCUT2D eigenvalue weighted by Gasteiger charge is 2.24. The smallest absolute Gasteiger partial charge is 0.351 e. The highest BCUT2D eigenvalue weighted by atomic mass is 35.5. The van der Waals surface area contributed by atoms with E-state index in [0.717, 1.165) is 32.0 Å². The summed E-state index contributed by atoms with van der Waals surface area (Å²) in [5.74, 6) is 0.679. The van der Waals surface area contributed by atoms with E-state index in [1.54, 1.807) is 30.5 Å². The fourth-order valence-electron chi connectivity index (χ4n) is 4.44. The Hall–Kier alpha value is -3.98. The number of aromatic nitrogens is 5. The van der Waals surface area contributed by atoms with E-state index >= 15 is 0 Å². The molecule has 4 aromatic rings. The van der Waals surface area contributed by atoms with Gasteiger partial charge in [0.05, 0.1) is 11.9 Å². The summed E-state index contributed by atoms with van der Waals surface area (Å²) in [4.78, 5) is 39.4. The number of carbonyl (C=O) groups excluding carboxylic acids is 1. The molecule has 1 aliphatic heterocycles. The van der Waals surface area contributed by atoms with Gasteiger partial charge in [-0.05, 0) is 55.0 Å². The highest BCUT2D eigenvalue weighted by molar-refractivity contribution is 6.30. The normalized spacial score (nSPS) is 14.6. The Kier molecular flexibility index (Phi) is 6.81. The lowest BCUT2D eigenvalue weighted by atomic mass is 10.0. The van der Waals surface area contributed by atoms with Gasteiger partial charge < -0.3 is 9.80 Å². The van der Waals surface area contributed by atoms with E-state index in [9.17, 15) is 9.59 Å². The zero-order valence-corrected chi connectivity index (χ0v) is 20.6. The van der Waals surface area contributed by atoms with Crippen LogP contribution >= 0.6 is 11.6 Å². The third-order valence-electron chi connectivity index (χ3n) is 6.45. The second-order valence-electron chi connectivity index (χ2n) is 8.58. The van der Waals surface area contributed by atoms with Crippen LogP contribution in [-0.4, -0.2) is 56.3 Å². The molecule has 1 fully saturated rings. The molecule has 0 aliphatic carbocycles. The standard InChI is InChI=1S/C26H26ClN7O2/c1-2-23(25(35)19-3-5-20(27)6-4-19)34-26(36)33(18-30-34)22-7-8-24(29-17-22)32-15-13-31(14-16-32)21-9-11-28-12-10-21/h3-12,17-18,23H,2,13-16H2,1H3. The predicted molar refractivity (Wildman–Crippen MR) is 139 cm³/mol. The van der Waals surface area contributed by atoms with Crippen LogP contribution in [0.25, 0.3) is 5.69 Å². The first-order valence-corrected chi connectivity index (χ1v) is 12.2. The van der Waals surface area contributed by atoms with Crippen molar-refractivity contribution in [1.82, 2.24) is 24.3 Å². The van der Waals surface area contributed by atoms with Crippen LogP contribution in [0.5, 0.6) is 0 Å². The number of carbonyl (C=O) groups is 1. The van der Waals surface area contributed by atoms with Crippen LogP contribution in [0.15, 0.2) is 78.2 Å². The van der Waals surface area contributed by atoms with E-state index in [4.69, 9.17) is 11.6 Å². The van der Waals surface area contributed by atoms with Crippen molar-refractivity contribution in [2.24, 2.45) is 0 Å².